The molecular weight excluding hydrogens is 296 g/mol. The Hall–Kier alpha value is -3.08. The summed E-state index contributed by atoms with van der Waals surface area (Å²) in [6.45, 7) is 0.0880. The van der Waals surface area contributed by atoms with E-state index in [1.165, 1.54) is 18.2 Å². The number of carboxylic acids is 1. The van der Waals surface area contributed by atoms with Crippen LogP contribution in [0, 0.1) is 0 Å². The maximum absolute atomic E-state index is 12.0. The molecule has 0 radical (unpaired) electrons. The third-order valence-corrected chi connectivity index (χ3v) is 3.00. The van der Waals surface area contributed by atoms with Crippen molar-refractivity contribution in [1.29, 1.82) is 0 Å². The summed E-state index contributed by atoms with van der Waals surface area (Å²) in [6, 6.07) is 13.1. The molecule has 0 atom stereocenters. The summed E-state index contributed by atoms with van der Waals surface area (Å²) in [7, 11) is 0. The minimum absolute atomic E-state index is 0.0399. The fraction of sp³-hybridized carbons (Fsp3) is 0.111. The summed E-state index contributed by atoms with van der Waals surface area (Å²) in [6.07, 6.45) is 2.97. The highest BCUT2D eigenvalue weighted by Crippen LogP contribution is 2.16. The first-order valence-corrected chi connectivity index (χ1v) is 7.01. The SMILES string of the molecule is O=C(O)CCOc1cccc(/C=C/C(=O)c2cccc(O)c2)c1. The largest absolute Gasteiger partial charge is 0.508 e. The van der Waals surface area contributed by atoms with Gasteiger partial charge in [-0.05, 0) is 35.9 Å². The molecule has 0 saturated heterocycles. The lowest BCUT2D eigenvalue weighted by atomic mass is 10.1. The Morgan fingerprint density at radius 1 is 1.09 bits per heavy atom. The van der Waals surface area contributed by atoms with Gasteiger partial charge in [0.05, 0.1) is 13.0 Å². The topological polar surface area (TPSA) is 83.8 Å². The second-order valence-electron chi connectivity index (χ2n) is 4.81. The van der Waals surface area contributed by atoms with E-state index in [1.54, 1.807) is 42.5 Å². The van der Waals surface area contributed by atoms with Crippen molar-refractivity contribution in [3.63, 3.8) is 0 Å². The Kier molecular flexibility index (Phi) is 5.52. The van der Waals surface area contributed by atoms with Gasteiger partial charge >= 0.3 is 5.97 Å². The van der Waals surface area contributed by atoms with E-state index in [9.17, 15) is 14.7 Å². The molecule has 0 fully saturated rings. The van der Waals surface area contributed by atoms with Crippen LogP contribution in [0.15, 0.2) is 54.6 Å². The number of hydrogen-bond acceptors (Lipinski definition) is 4. The van der Waals surface area contributed by atoms with E-state index < -0.39 is 5.97 Å². The van der Waals surface area contributed by atoms with Gasteiger partial charge in [0.1, 0.15) is 11.5 Å². The molecule has 0 bridgehead atoms. The summed E-state index contributed by atoms with van der Waals surface area (Å²) in [5, 5.41) is 17.9. The molecule has 0 aromatic heterocycles. The number of rotatable bonds is 7. The van der Waals surface area contributed by atoms with Crippen LogP contribution in [0.25, 0.3) is 6.08 Å². The molecule has 0 aliphatic rings. The molecule has 0 aliphatic carbocycles. The first-order chi connectivity index (χ1) is 11.0. The van der Waals surface area contributed by atoms with Gasteiger partial charge in [-0.25, -0.2) is 0 Å². The predicted molar refractivity (Wildman–Crippen MR) is 85.7 cm³/mol. The number of carbonyl (C=O) groups excluding carboxylic acids is 1. The highest BCUT2D eigenvalue weighted by atomic mass is 16.5. The lowest BCUT2D eigenvalue weighted by Gasteiger charge is -2.05. The number of phenols is 1. The van der Waals surface area contributed by atoms with E-state index in [4.69, 9.17) is 9.84 Å². The lowest BCUT2D eigenvalue weighted by molar-refractivity contribution is -0.137. The van der Waals surface area contributed by atoms with Gasteiger partial charge in [0.2, 0.25) is 0 Å². The van der Waals surface area contributed by atoms with E-state index >= 15 is 0 Å². The molecule has 0 aliphatic heterocycles. The minimum atomic E-state index is -0.919. The van der Waals surface area contributed by atoms with Crippen LogP contribution in [0.5, 0.6) is 11.5 Å². The molecule has 2 aromatic rings. The van der Waals surface area contributed by atoms with Gasteiger partial charge in [0, 0.05) is 5.56 Å². The van der Waals surface area contributed by atoms with Crippen molar-refractivity contribution in [3.05, 3.63) is 65.7 Å². The van der Waals surface area contributed by atoms with Crippen LogP contribution in [0.3, 0.4) is 0 Å². The van der Waals surface area contributed by atoms with Crippen LogP contribution in [-0.2, 0) is 4.79 Å². The van der Waals surface area contributed by atoms with Gasteiger partial charge in [-0.2, -0.15) is 0 Å². The van der Waals surface area contributed by atoms with Gasteiger partial charge in [0.15, 0.2) is 5.78 Å². The minimum Gasteiger partial charge on any atom is -0.508 e. The normalized spacial score (nSPS) is 10.6. The maximum Gasteiger partial charge on any atom is 0.306 e. The molecule has 2 rings (SSSR count). The predicted octanol–water partition coefficient (Wildman–Crippen LogP) is 3.14. The summed E-state index contributed by atoms with van der Waals surface area (Å²) in [5.74, 6) is -0.563. The molecule has 118 valence electrons. The Morgan fingerprint density at radius 2 is 1.87 bits per heavy atom. The number of carboxylic acid groups (broad SMARTS) is 1. The zero-order valence-corrected chi connectivity index (χ0v) is 12.3. The zero-order chi connectivity index (χ0) is 16.7. The first kappa shape index (κ1) is 16.3. The maximum atomic E-state index is 12.0. The van der Waals surface area contributed by atoms with Crippen LogP contribution < -0.4 is 4.74 Å². The standard InChI is InChI=1S/C18H16O5/c19-15-5-2-4-14(12-15)17(20)8-7-13-3-1-6-16(11-13)23-10-9-18(21)22/h1-8,11-12,19H,9-10H2,(H,21,22)/b8-7+. The smallest absolute Gasteiger partial charge is 0.306 e. The lowest BCUT2D eigenvalue weighted by Crippen LogP contribution is -2.04. The third kappa shape index (κ3) is 5.32. The van der Waals surface area contributed by atoms with Crippen molar-refractivity contribution in [2.24, 2.45) is 0 Å². The van der Waals surface area contributed by atoms with Gasteiger partial charge < -0.3 is 14.9 Å². The molecule has 0 spiro atoms. The van der Waals surface area contributed by atoms with Gasteiger partial charge in [0.25, 0.3) is 0 Å². The van der Waals surface area contributed by atoms with E-state index in [0.29, 0.717) is 11.3 Å². The van der Waals surface area contributed by atoms with Gasteiger partial charge in [-0.15, -0.1) is 0 Å². The number of ether oxygens (including phenoxy) is 1. The number of benzene rings is 2. The monoisotopic (exact) mass is 312 g/mol. The average molecular weight is 312 g/mol. The molecule has 0 amide bonds. The molecule has 5 nitrogen and oxygen atoms in total. The van der Waals surface area contributed by atoms with Gasteiger partial charge in [-0.3, -0.25) is 9.59 Å². The Morgan fingerprint density at radius 3 is 2.61 bits per heavy atom. The molecule has 0 unspecified atom stereocenters. The Balaban J connectivity index is 2.02. The number of phenolic OH excluding ortho intramolecular Hbond substituents is 1. The Labute approximate surface area is 133 Å². The van der Waals surface area contributed by atoms with Crippen LogP contribution in [-0.4, -0.2) is 28.6 Å². The third-order valence-electron chi connectivity index (χ3n) is 3.00. The van der Waals surface area contributed by atoms with Crippen LogP contribution in [0.2, 0.25) is 0 Å². The van der Waals surface area contributed by atoms with Crippen molar-refractivity contribution in [3.8, 4) is 11.5 Å². The molecule has 0 heterocycles. The average Bonchev–Trinajstić information content (AvgIpc) is 2.52. The highest BCUT2D eigenvalue weighted by Gasteiger charge is 2.03. The van der Waals surface area contributed by atoms with E-state index in [1.807, 2.05) is 0 Å². The van der Waals surface area contributed by atoms with Gasteiger partial charge in [-0.1, -0.05) is 30.3 Å². The summed E-state index contributed by atoms with van der Waals surface area (Å²) < 4.78 is 5.33. The number of aliphatic carboxylic acids is 1. The quantitative estimate of drug-likeness (QED) is 0.606. The second kappa shape index (κ2) is 7.79. The van der Waals surface area contributed by atoms with E-state index in [0.717, 1.165) is 5.56 Å². The number of carbonyl (C=O) groups is 2. The number of aromatic hydroxyl groups is 1. The Bertz CT molecular complexity index is 734. The van der Waals surface area contributed by atoms with Crippen molar-refractivity contribution in [2.45, 2.75) is 6.42 Å². The van der Waals surface area contributed by atoms with Crippen LogP contribution >= 0.6 is 0 Å². The van der Waals surface area contributed by atoms with Crippen molar-refractivity contribution >= 4 is 17.8 Å². The van der Waals surface area contributed by atoms with E-state index in [-0.39, 0.29) is 24.6 Å². The number of hydrogen-bond donors (Lipinski definition) is 2. The van der Waals surface area contributed by atoms with Crippen molar-refractivity contribution < 1.29 is 24.5 Å². The zero-order valence-electron chi connectivity index (χ0n) is 12.3. The molecule has 5 heteroatoms. The number of ketones is 1. The van der Waals surface area contributed by atoms with Crippen molar-refractivity contribution in [1.82, 2.24) is 0 Å². The number of allylic oxidation sites excluding steroid dienone is 1. The molecule has 2 aromatic carbocycles. The second-order valence-corrected chi connectivity index (χ2v) is 4.81. The molecule has 2 N–H and O–H groups in total. The first-order valence-electron chi connectivity index (χ1n) is 7.01. The van der Waals surface area contributed by atoms with Crippen molar-refractivity contribution in [2.75, 3.05) is 6.61 Å². The fourth-order valence-corrected chi connectivity index (χ4v) is 1.89. The molecular formula is C18H16O5. The summed E-state index contributed by atoms with van der Waals surface area (Å²) in [5.41, 5.74) is 1.15. The van der Waals surface area contributed by atoms with Crippen LogP contribution in [0.4, 0.5) is 0 Å². The molecule has 23 heavy (non-hydrogen) atoms. The summed E-state index contributed by atoms with van der Waals surface area (Å²) >= 11 is 0. The fourth-order valence-electron chi connectivity index (χ4n) is 1.89. The molecule has 0 saturated carbocycles. The van der Waals surface area contributed by atoms with E-state index in [2.05, 4.69) is 0 Å². The highest BCUT2D eigenvalue weighted by molar-refractivity contribution is 6.07. The summed E-state index contributed by atoms with van der Waals surface area (Å²) in [4.78, 5) is 22.5. The van der Waals surface area contributed by atoms with Crippen LogP contribution in [0.1, 0.15) is 22.3 Å².